The minimum atomic E-state index is -0.963. The van der Waals surface area contributed by atoms with Crippen LogP contribution in [0.4, 0.5) is 19.3 Å². The number of aliphatic carboxylic acids is 1. The third-order valence-corrected chi connectivity index (χ3v) is 3.57. The summed E-state index contributed by atoms with van der Waals surface area (Å²) in [5, 5.41) is 10.8. The molecule has 0 aliphatic carbocycles. The van der Waals surface area contributed by atoms with Gasteiger partial charge >= 0.3 is 12.0 Å². The molecule has 5 nitrogen and oxygen atoms in total. The van der Waals surface area contributed by atoms with Crippen molar-refractivity contribution in [1.29, 1.82) is 0 Å². The number of carboxylic acids is 1. The Morgan fingerprint density at radius 1 is 1.43 bits per heavy atom. The topological polar surface area (TPSA) is 69.6 Å². The lowest BCUT2D eigenvalue weighted by molar-refractivity contribution is -0.138. The van der Waals surface area contributed by atoms with Gasteiger partial charge in [-0.25, -0.2) is 13.6 Å². The largest absolute Gasteiger partial charge is 0.481 e. The Morgan fingerprint density at radius 2 is 2.14 bits per heavy atom. The molecule has 1 aliphatic heterocycles. The first-order valence-electron chi connectivity index (χ1n) is 6.29. The van der Waals surface area contributed by atoms with Crippen LogP contribution in [0.15, 0.2) is 12.1 Å². The smallest absolute Gasteiger partial charge is 0.321 e. The standard InChI is InChI=1S/C13H13ClF2N2O3/c14-9-4-8(15)5-10(16)12(9)17-13(21)18-2-1-7(6-18)3-11(19)20/h4-5,7H,1-3,6H2,(H,17,21)(H,19,20). The Balaban J connectivity index is 2.01. The number of carbonyl (C=O) groups excluding carboxylic acids is 1. The zero-order chi connectivity index (χ0) is 15.6. The van der Waals surface area contributed by atoms with Gasteiger partial charge in [0.25, 0.3) is 0 Å². The quantitative estimate of drug-likeness (QED) is 0.900. The summed E-state index contributed by atoms with van der Waals surface area (Å²) >= 11 is 5.69. The molecule has 114 valence electrons. The fourth-order valence-electron chi connectivity index (χ4n) is 2.28. The van der Waals surface area contributed by atoms with Gasteiger partial charge in [-0.05, 0) is 18.4 Å². The van der Waals surface area contributed by atoms with Gasteiger partial charge in [0.15, 0.2) is 5.82 Å². The molecule has 0 saturated carbocycles. The van der Waals surface area contributed by atoms with Crippen molar-refractivity contribution < 1.29 is 23.5 Å². The lowest BCUT2D eigenvalue weighted by Crippen LogP contribution is -2.33. The van der Waals surface area contributed by atoms with Crippen molar-refractivity contribution in [2.24, 2.45) is 5.92 Å². The van der Waals surface area contributed by atoms with E-state index >= 15 is 0 Å². The van der Waals surface area contributed by atoms with Crippen LogP contribution in [0.5, 0.6) is 0 Å². The highest BCUT2D eigenvalue weighted by molar-refractivity contribution is 6.33. The number of anilines is 1. The molecule has 0 aromatic heterocycles. The molecule has 1 aromatic carbocycles. The number of urea groups is 1. The molecule has 1 aromatic rings. The first-order chi connectivity index (χ1) is 9.86. The van der Waals surface area contributed by atoms with Crippen LogP contribution in [-0.4, -0.2) is 35.1 Å². The SMILES string of the molecule is O=C(O)CC1CCN(C(=O)Nc2c(F)cc(F)cc2Cl)C1. The summed E-state index contributed by atoms with van der Waals surface area (Å²) in [4.78, 5) is 24.0. The predicted molar refractivity (Wildman–Crippen MR) is 72.3 cm³/mol. The minimum Gasteiger partial charge on any atom is -0.481 e. The maximum absolute atomic E-state index is 13.6. The Morgan fingerprint density at radius 3 is 2.76 bits per heavy atom. The monoisotopic (exact) mass is 318 g/mol. The van der Waals surface area contributed by atoms with Crippen molar-refractivity contribution in [3.05, 3.63) is 28.8 Å². The van der Waals surface area contributed by atoms with E-state index in [0.29, 0.717) is 19.0 Å². The third kappa shape index (κ3) is 3.81. The summed E-state index contributed by atoms with van der Waals surface area (Å²) in [6.45, 7) is 0.656. The van der Waals surface area contributed by atoms with E-state index in [1.165, 1.54) is 4.90 Å². The zero-order valence-electron chi connectivity index (χ0n) is 10.9. The third-order valence-electron chi connectivity index (χ3n) is 3.28. The predicted octanol–water partition coefficient (Wildman–Crippen LogP) is 2.95. The van der Waals surface area contributed by atoms with E-state index in [1.54, 1.807) is 0 Å². The van der Waals surface area contributed by atoms with E-state index in [9.17, 15) is 18.4 Å². The first-order valence-corrected chi connectivity index (χ1v) is 6.67. The number of nitrogens with one attached hydrogen (secondary N) is 1. The molecular weight excluding hydrogens is 306 g/mol. The van der Waals surface area contributed by atoms with Crippen molar-refractivity contribution in [2.75, 3.05) is 18.4 Å². The maximum Gasteiger partial charge on any atom is 0.321 e. The number of nitrogens with zero attached hydrogens (tertiary/aromatic N) is 1. The van der Waals surface area contributed by atoms with Gasteiger partial charge in [-0.2, -0.15) is 0 Å². The van der Waals surface area contributed by atoms with Gasteiger partial charge < -0.3 is 15.3 Å². The van der Waals surface area contributed by atoms with Crippen molar-refractivity contribution in [3.8, 4) is 0 Å². The Labute approximate surface area is 124 Å². The van der Waals surface area contributed by atoms with Crippen molar-refractivity contribution in [1.82, 2.24) is 4.90 Å². The Bertz CT molecular complexity index is 560. The summed E-state index contributed by atoms with van der Waals surface area (Å²) < 4.78 is 26.5. The van der Waals surface area contributed by atoms with E-state index in [2.05, 4.69) is 5.32 Å². The number of halogens is 3. The lowest BCUT2D eigenvalue weighted by atomic mass is 10.1. The van der Waals surface area contributed by atoms with Crippen LogP contribution in [0.25, 0.3) is 0 Å². The molecule has 2 rings (SSSR count). The summed E-state index contributed by atoms with van der Waals surface area (Å²) in [6.07, 6.45) is 0.550. The van der Waals surface area contributed by atoms with Crippen LogP contribution in [0, 0.1) is 17.6 Å². The highest BCUT2D eigenvalue weighted by atomic mass is 35.5. The van der Waals surface area contributed by atoms with Crippen molar-refractivity contribution in [2.45, 2.75) is 12.8 Å². The molecule has 1 heterocycles. The molecule has 2 N–H and O–H groups in total. The van der Waals surface area contributed by atoms with Crippen LogP contribution in [0.3, 0.4) is 0 Å². The Hall–Kier alpha value is -1.89. The fourth-order valence-corrected chi connectivity index (χ4v) is 2.52. The van der Waals surface area contributed by atoms with Crippen molar-refractivity contribution in [3.63, 3.8) is 0 Å². The highest BCUT2D eigenvalue weighted by Gasteiger charge is 2.28. The van der Waals surface area contributed by atoms with Gasteiger partial charge in [0.05, 0.1) is 10.7 Å². The van der Waals surface area contributed by atoms with E-state index in [1.807, 2.05) is 0 Å². The van der Waals surface area contributed by atoms with Crippen LogP contribution in [0.2, 0.25) is 5.02 Å². The molecule has 0 radical (unpaired) electrons. The second-order valence-electron chi connectivity index (χ2n) is 4.87. The van der Waals surface area contributed by atoms with Gasteiger partial charge in [-0.15, -0.1) is 0 Å². The molecule has 1 fully saturated rings. The molecule has 0 bridgehead atoms. The molecule has 2 amide bonds. The van der Waals surface area contributed by atoms with Crippen LogP contribution < -0.4 is 5.32 Å². The van der Waals surface area contributed by atoms with E-state index in [4.69, 9.17) is 16.7 Å². The average Bonchev–Trinajstić information content (AvgIpc) is 2.81. The fraction of sp³-hybridized carbons (Fsp3) is 0.385. The highest BCUT2D eigenvalue weighted by Crippen LogP contribution is 2.27. The summed E-state index contributed by atoms with van der Waals surface area (Å²) in [6, 6.07) is 0.936. The Kier molecular flexibility index (Phi) is 4.62. The molecule has 1 saturated heterocycles. The van der Waals surface area contributed by atoms with E-state index < -0.39 is 23.6 Å². The number of hydrogen-bond acceptors (Lipinski definition) is 2. The van der Waals surface area contributed by atoms with E-state index in [-0.39, 0.29) is 29.6 Å². The number of likely N-dealkylation sites (tertiary alicyclic amines) is 1. The van der Waals surface area contributed by atoms with Crippen LogP contribution in [0.1, 0.15) is 12.8 Å². The lowest BCUT2D eigenvalue weighted by Gasteiger charge is -2.18. The van der Waals surface area contributed by atoms with Crippen LogP contribution >= 0.6 is 11.6 Å². The van der Waals surface area contributed by atoms with Gasteiger partial charge in [-0.3, -0.25) is 4.79 Å². The number of carboxylic acid groups (broad SMARTS) is 1. The molecule has 1 aliphatic rings. The summed E-state index contributed by atoms with van der Waals surface area (Å²) in [7, 11) is 0. The average molecular weight is 319 g/mol. The molecule has 1 unspecified atom stereocenters. The van der Waals surface area contributed by atoms with Gasteiger partial charge in [-0.1, -0.05) is 11.6 Å². The molecule has 21 heavy (non-hydrogen) atoms. The normalized spacial score (nSPS) is 17.9. The second-order valence-corrected chi connectivity index (χ2v) is 5.28. The number of hydrogen-bond donors (Lipinski definition) is 2. The van der Waals surface area contributed by atoms with Gasteiger partial charge in [0.1, 0.15) is 5.82 Å². The molecule has 8 heteroatoms. The molecular formula is C13H13ClF2N2O3. The van der Waals surface area contributed by atoms with Crippen LogP contribution in [-0.2, 0) is 4.79 Å². The summed E-state index contributed by atoms with van der Waals surface area (Å²) in [5.74, 6) is -2.84. The number of amides is 2. The van der Waals surface area contributed by atoms with E-state index in [0.717, 1.165) is 6.07 Å². The number of carbonyl (C=O) groups is 2. The molecule has 1 atom stereocenters. The first kappa shape index (κ1) is 15.5. The number of benzene rings is 1. The number of rotatable bonds is 3. The van der Waals surface area contributed by atoms with Gasteiger partial charge in [0.2, 0.25) is 0 Å². The zero-order valence-corrected chi connectivity index (χ0v) is 11.7. The second kappa shape index (κ2) is 6.26. The minimum absolute atomic E-state index is 0.0184. The summed E-state index contributed by atoms with van der Waals surface area (Å²) in [5.41, 5.74) is -0.287. The maximum atomic E-state index is 13.6. The molecule has 0 spiro atoms. The van der Waals surface area contributed by atoms with Crippen molar-refractivity contribution >= 4 is 29.3 Å². The van der Waals surface area contributed by atoms with Gasteiger partial charge in [0, 0.05) is 25.6 Å².